The third kappa shape index (κ3) is 3.98. The molecular formula is C19H22BN5O4. The number of aryl methyl sites for hydroxylation is 1. The van der Waals surface area contributed by atoms with Gasteiger partial charge in [0.05, 0.1) is 38.4 Å². The zero-order chi connectivity index (χ0) is 20.4. The summed E-state index contributed by atoms with van der Waals surface area (Å²) in [7, 11) is 0.568. The predicted molar refractivity (Wildman–Crippen MR) is 107 cm³/mol. The molecule has 1 fully saturated rings. The van der Waals surface area contributed by atoms with Crippen molar-refractivity contribution in [2.75, 3.05) is 31.0 Å². The maximum Gasteiger partial charge on any atom is 0.495 e. The highest BCUT2D eigenvalue weighted by Crippen LogP contribution is 2.27. The van der Waals surface area contributed by atoms with Crippen molar-refractivity contribution in [2.45, 2.75) is 26.0 Å². The first kappa shape index (κ1) is 19.5. The van der Waals surface area contributed by atoms with Crippen LogP contribution < -0.4 is 20.8 Å². The van der Waals surface area contributed by atoms with Gasteiger partial charge in [-0.1, -0.05) is 0 Å². The van der Waals surface area contributed by atoms with Gasteiger partial charge >= 0.3 is 7.12 Å². The smallest absolute Gasteiger partial charge is 0.495 e. The van der Waals surface area contributed by atoms with E-state index in [0.717, 1.165) is 16.8 Å². The molecule has 1 saturated heterocycles. The van der Waals surface area contributed by atoms with E-state index < -0.39 is 7.12 Å². The molecular weight excluding hydrogens is 373 g/mol. The molecule has 2 aromatic rings. The van der Waals surface area contributed by atoms with Crippen LogP contribution in [0.4, 0.5) is 17.5 Å². The van der Waals surface area contributed by atoms with Crippen molar-refractivity contribution in [2.24, 2.45) is 5.92 Å². The normalized spacial score (nSPS) is 20.7. The standard InChI is InChI=1S/C19H22BN5O4/c1-11-8-22-19(25-18(11)24-15-10-28-4-3-12(15)7-21)23-14-5-13-9-29-20(26)17(13)16(6-14)27-2/h5-6,8,12,15,26H,3-4,9-10H2,1-2H3,(H2,22,23,24,25)/t12-,15?/m1/s1. The van der Waals surface area contributed by atoms with E-state index in [1.54, 1.807) is 19.4 Å². The predicted octanol–water partition coefficient (Wildman–Crippen LogP) is 1.10. The molecule has 29 heavy (non-hydrogen) atoms. The number of benzene rings is 1. The van der Waals surface area contributed by atoms with Gasteiger partial charge in [0.15, 0.2) is 0 Å². The Bertz CT molecular complexity index is 951. The number of rotatable bonds is 5. The first-order chi connectivity index (χ1) is 14.1. The molecule has 3 heterocycles. The average molecular weight is 395 g/mol. The van der Waals surface area contributed by atoms with Crippen LogP contribution >= 0.6 is 0 Å². The molecule has 0 amide bonds. The fourth-order valence-electron chi connectivity index (χ4n) is 3.56. The fourth-order valence-corrected chi connectivity index (χ4v) is 3.56. The molecule has 150 valence electrons. The summed E-state index contributed by atoms with van der Waals surface area (Å²) >= 11 is 0. The molecule has 4 rings (SSSR count). The van der Waals surface area contributed by atoms with E-state index in [4.69, 9.17) is 14.1 Å². The second kappa shape index (κ2) is 8.25. The van der Waals surface area contributed by atoms with Gasteiger partial charge in [0.1, 0.15) is 11.6 Å². The highest BCUT2D eigenvalue weighted by molar-refractivity contribution is 6.62. The van der Waals surface area contributed by atoms with E-state index in [1.165, 1.54) is 0 Å². The molecule has 0 radical (unpaired) electrons. The molecule has 1 aromatic heterocycles. The van der Waals surface area contributed by atoms with Crippen LogP contribution in [0.1, 0.15) is 17.5 Å². The van der Waals surface area contributed by atoms with E-state index in [0.29, 0.717) is 49.2 Å². The maximum atomic E-state index is 9.95. The number of methoxy groups -OCH3 is 1. The summed E-state index contributed by atoms with van der Waals surface area (Å²) in [6, 6.07) is 5.88. The lowest BCUT2D eigenvalue weighted by molar-refractivity contribution is 0.0698. The minimum Gasteiger partial charge on any atom is -0.497 e. The first-order valence-electron chi connectivity index (χ1n) is 9.44. The lowest BCUT2D eigenvalue weighted by atomic mass is 9.78. The maximum absolute atomic E-state index is 9.95. The van der Waals surface area contributed by atoms with Crippen molar-refractivity contribution >= 4 is 30.0 Å². The minimum atomic E-state index is -0.980. The van der Waals surface area contributed by atoms with Gasteiger partial charge in [-0.3, -0.25) is 0 Å². The second-order valence-electron chi connectivity index (χ2n) is 7.11. The van der Waals surface area contributed by atoms with Gasteiger partial charge in [0, 0.05) is 35.6 Å². The third-order valence-corrected chi connectivity index (χ3v) is 5.16. The van der Waals surface area contributed by atoms with Crippen LogP contribution in [0.2, 0.25) is 0 Å². The average Bonchev–Trinajstić information content (AvgIpc) is 3.11. The van der Waals surface area contributed by atoms with Crippen molar-refractivity contribution in [1.82, 2.24) is 9.97 Å². The summed E-state index contributed by atoms with van der Waals surface area (Å²) in [6.07, 6.45) is 2.42. The Morgan fingerprint density at radius 1 is 1.41 bits per heavy atom. The van der Waals surface area contributed by atoms with E-state index in [-0.39, 0.29) is 12.0 Å². The number of hydrogen-bond acceptors (Lipinski definition) is 9. The van der Waals surface area contributed by atoms with E-state index in [9.17, 15) is 10.3 Å². The van der Waals surface area contributed by atoms with Crippen LogP contribution in [0.3, 0.4) is 0 Å². The van der Waals surface area contributed by atoms with E-state index >= 15 is 0 Å². The molecule has 1 aromatic carbocycles. The van der Waals surface area contributed by atoms with Crippen LogP contribution in [-0.4, -0.2) is 48.5 Å². The van der Waals surface area contributed by atoms with Crippen LogP contribution in [0.25, 0.3) is 0 Å². The summed E-state index contributed by atoms with van der Waals surface area (Å²) in [5.74, 6) is 1.48. The zero-order valence-corrected chi connectivity index (χ0v) is 16.3. The Balaban J connectivity index is 1.56. The molecule has 2 aliphatic rings. The highest BCUT2D eigenvalue weighted by atomic mass is 16.5. The van der Waals surface area contributed by atoms with Gasteiger partial charge < -0.3 is 29.8 Å². The van der Waals surface area contributed by atoms with Gasteiger partial charge in [-0.05, 0) is 25.0 Å². The minimum absolute atomic E-state index is 0.117. The molecule has 0 spiro atoms. The molecule has 10 heteroatoms. The van der Waals surface area contributed by atoms with Crippen LogP contribution in [-0.2, 0) is 16.0 Å². The van der Waals surface area contributed by atoms with Crippen molar-refractivity contribution in [3.8, 4) is 11.8 Å². The second-order valence-corrected chi connectivity index (χ2v) is 7.11. The Labute approximate surface area is 169 Å². The number of nitrogens with zero attached hydrogens (tertiary/aromatic N) is 3. The Morgan fingerprint density at radius 3 is 3.07 bits per heavy atom. The van der Waals surface area contributed by atoms with Gasteiger partial charge in [0.2, 0.25) is 5.95 Å². The largest absolute Gasteiger partial charge is 0.497 e. The molecule has 9 nitrogen and oxygen atoms in total. The summed E-state index contributed by atoms with van der Waals surface area (Å²) < 4.78 is 16.2. The molecule has 0 bridgehead atoms. The van der Waals surface area contributed by atoms with Crippen molar-refractivity contribution in [1.29, 1.82) is 5.26 Å². The Kier molecular flexibility index (Phi) is 5.53. The number of anilines is 3. The topological polar surface area (TPSA) is 122 Å². The fraction of sp³-hybridized carbons (Fsp3) is 0.421. The van der Waals surface area contributed by atoms with Gasteiger partial charge in [-0.2, -0.15) is 10.2 Å². The van der Waals surface area contributed by atoms with Gasteiger partial charge in [-0.15, -0.1) is 0 Å². The Morgan fingerprint density at radius 2 is 2.28 bits per heavy atom. The van der Waals surface area contributed by atoms with Gasteiger partial charge in [-0.25, -0.2) is 4.98 Å². The monoisotopic (exact) mass is 395 g/mol. The van der Waals surface area contributed by atoms with E-state index in [2.05, 4.69) is 26.7 Å². The quantitative estimate of drug-likeness (QED) is 0.639. The van der Waals surface area contributed by atoms with Crippen LogP contribution in [0.5, 0.6) is 5.75 Å². The number of hydrogen-bond donors (Lipinski definition) is 3. The summed E-state index contributed by atoms with van der Waals surface area (Å²) in [5, 5.41) is 25.8. The van der Waals surface area contributed by atoms with Crippen molar-refractivity contribution in [3.05, 3.63) is 29.5 Å². The lowest BCUT2D eigenvalue weighted by Crippen LogP contribution is -2.38. The molecule has 2 aliphatic heterocycles. The summed E-state index contributed by atoms with van der Waals surface area (Å²) in [4.78, 5) is 8.93. The summed E-state index contributed by atoms with van der Waals surface area (Å²) in [6.45, 7) is 3.29. The van der Waals surface area contributed by atoms with Gasteiger partial charge in [0.25, 0.3) is 0 Å². The molecule has 0 aliphatic carbocycles. The number of nitrogens with one attached hydrogen (secondary N) is 2. The molecule has 1 unspecified atom stereocenters. The first-order valence-corrected chi connectivity index (χ1v) is 9.44. The van der Waals surface area contributed by atoms with Crippen molar-refractivity contribution < 1.29 is 19.2 Å². The molecule has 2 atom stereocenters. The SMILES string of the molecule is COc1cc(Nc2ncc(C)c(NC3COCC[C@@H]3C#N)n2)cc2c1B(O)OC2. The van der Waals surface area contributed by atoms with E-state index in [1.807, 2.05) is 13.0 Å². The number of nitriles is 1. The number of fused-ring (bicyclic) bond motifs is 1. The lowest BCUT2D eigenvalue weighted by Gasteiger charge is -2.28. The molecule has 0 saturated carbocycles. The number of aromatic nitrogens is 2. The number of ether oxygens (including phenoxy) is 2. The highest BCUT2D eigenvalue weighted by Gasteiger charge is 2.32. The van der Waals surface area contributed by atoms with Crippen LogP contribution in [0.15, 0.2) is 18.3 Å². The summed E-state index contributed by atoms with van der Waals surface area (Å²) in [5.41, 5.74) is 3.09. The molecule has 3 N–H and O–H groups in total. The van der Waals surface area contributed by atoms with Crippen LogP contribution in [0, 0.1) is 24.2 Å². The third-order valence-electron chi connectivity index (χ3n) is 5.16. The van der Waals surface area contributed by atoms with Crippen molar-refractivity contribution in [3.63, 3.8) is 0 Å². The zero-order valence-electron chi connectivity index (χ0n) is 16.3. The Hall–Kier alpha value is -2.87.